The number of nitrogens with zero attached hydrogens (tertiary/aromatic N) is 2. The molecule has 0 bridgehead atoms. The second-order valence-electron chi connectivity index (χ2n) is 4.60. The standard InChI is InChI=1S/C15H15F3N4O.HI/c16-15(17,18)10-23-13-8-11(6-7-20-13)9-21-14(19)22-12-4-2-1-3-5-12;/h1-8H,9-10H2,(H3,19,21,22);1H. The molecule has 130 valence electrons. The van der Waals surface area contributed by atoms with Gasteiger partial charge in [-0.2, -0.15) is 13.2 Å². The zero-order valence-electron chi connectivity index (χ0n) is 12.5. The summed E-state index contributed by atoms with van der Waals surface area (Å²) in [6.07, 6.45) is -3.04. The van der Waals surface area contributed by atoms with Crippen molar-refractivity contribution >= 4 is 35.6 Å². The van der Waals surface area contributed by atoms with E-state index in [0.717, 1.165) is 5.69 Å². The molecule has 1 aromatic carbocycles. The second kappa shape index (κ2) is 9.30. The number of nitrogens with one attached hydrogen (secondary N) is 1. The molecular formula is C15H16F3IN4O. The van der Waals surface area contributed by atoms with E-state index >= 15 is 0 Å². The van der Waals surface area contributed by atoms with Crippen LogP contribution in [0.25, 0.3) is 0 Å². The van der Waals surface area contributed by atoms with Crippen LogP contribution in [0.5, 0.6) is 5.88 Å². The van der Waals surface area contributed by atoms with Gasteiger partial charge in [-0.3, -0.25) is 0 Å². The number of guanidine groups is 1. The van der Waals surface area contributed by atoms with E-state index in [1.54, 1.807) is 6.07 Å². The molecule has 0 aliphatic carbocycles. The average molecular weight is 452 g/mol. The lowest BCUT2D eigenvalue weighted by Crippen LogP contribution is -2.22. The first-order valence-electron chi connectivity index (χ1n) is 6.69. The van der Waals surface area contributed by atoms with Gasteiger partial charge in [0.25, 0.3) is 0 Å². The Bertz CT molecular complexity index is 665. The van der Waals surface area contributed by atoms with E-state index in [1.807, 2.05) is 30.3 Å². The van der Waals surface area contributed by atoms with Crippen molar-refractivity contribution in [3.63, 3.8) is 0 Å². The second-order valence-corrected chi connectivity index (χ2v) is 4.60. The summed E-state index contributed by atoms with van der Waals surface area (Å²) in [6.45, 7) is -1.19. The fourth-order valence-electron chi connectivity index (χ4n) is 1.67. The highest BCUT2D eigenvalue weighted by Gasteiger charge is 2.28. The Hall–Kier alpha value is -2.04. The molecule has 0 spiro atoms. The SMILES string of the molecule is I.NC(=NCc1ccnc(OCC(F)(F)F)c1)Nc1ccccc1. The highest BCUT2D eigenvalue weighted by Crippen LogP contribution is 2.17. The number of hydrogen-bond donors (Lipinski definition) is 2. The maximum Gasteiger partial charge on any atom is 0.422 e. The first-order valence-corrected chi connectivity index (χ1v) is 6.69. The van der Waals surface area contributed by atoms with Crippen LogP contribution in [0.2, 0.25) is 0 Å². The number of alkyl halides is 3. The van der Waals surface area contributed by atoms with Crippen molar-refractivity contribution in [2.45, 2.75) is 12.7 Å². The summed E-state index contributed by atoms with van der Waals surface area (Å²) in [4.78, 5) is 7.84. The highest BCUT2D eigenvalue weighted by atomic mass is 127. The molecule has 5 nitrogen and oxygen atoms in total. The summed E-state index contributed by atoms with van der Waals surface area (Å²) < 4.78 is 40.9. The van der Waals surface area contributed by atoms with Crippen molar-refractivity contribution in [2.75, 3.05) is 11.9 Å². The van der Waals surface area contributed by atoms with Crippen LogP contribution in [0.15, 0.2) is 53.7 Å². The van der Waals surface area contributed by atoms with Gasteiger partial charge in [-0.05, 0) is 23.8 Å². The predicted octanol–water partition coefficient (Wildman–Crippen LogP) is 3.57. The van der Waals surface area contributed by atoms with E-state index in [0.29, 0.717) is 5.56 Å². The molecule has 1 heterocycles. The van der Waals surface area contributed by atoms with Crippen LogP contribution < -0.4 is 15.8 Å². The van der Waals surface area contributed by atoms with Crippen molar-refractivity contribution in [1.29, 1.82) is 0 Å². The quantitative estimate of drug-likeness (QED) is 0.414. The lowest BCUT2D eigenvalue weighted by atomic mass is 10.3. The maximum atomic E-state index is 12.1. The molecule has 0 saturated heterocycles. The van der Waals surface area contributed by atoms with Crippen LogP contribution in [0.1, 0.15) is 5.56 Å². The molecule has 0 aliphatic rings. The molecule has 2 aromatic rings. The van der Waals surface area contributed by atoms with Gasteiger partial charge in [-0.15, -0.1) is 24.0 Å². The molecule has 1 aromatic heterocycles. The number of nitrogens with two attached hydrogens (primary N) is 1. The number of benzene rings is 1. The van der Waals surface area contributed by atoms with Crippen molar-refractivity contribution < 1.29 is 17.9 Å². The van der Waals surface area contributed by atoms with Crippen LogP contribution >= 0.6 is 24.0 Å². The van der Waals surface area contributed by atoms with Gasteiger partial charge >= 0.3 is 6.18 Å². The summed E-state index contributed by atoms with van der Waals surface area (Å²) in [5.74, 6) is 0.0930. The predicted molar refractivity (Wildman–Crippen MR) is 96.6 cm³/mol. The number of ether oxygens (including phenoxy) is 1. The smallest absolute Gasteiger partial charge is 0.422 e. The number of halogens is 4. The number of anilines is 1. The van der Waals surface area contributed by atoms with Crippen molar-refractivity contribution in [3.8, 4) is 5.88 Å². The first kappa shape index (κ1) is 20.0. The summed E-state index contributed by atoms with van der Waals surface area (Å²) in [5, 5.41) is 2.90. The van der Waals surface area contributed by atoms with Gasteiger partial charge in [0.15, 0.2) is 12.6 Å². The summed E-state index contributed by atoms with van der Waals surface area (Å²) in [7, 11) is 0. The third kappa shape index (κ3) is 7.49. The summed E-state index contributed by atoms with van der Waals surface area (Å²) in [5.41, 5.74) is 7.17. The molecule has 3 N–H and O–H groups in total. The molecule has 0 radical (unpaired) electrons. The highest BCUT2D eigenvalue weighted by molar-refractivity contribution is 14.0. The maximum absolute atomic E-state index is 12.1. The molecule has 2 rings (SSSR count). The minimum absolute atomic E-state index is 0. The van der Waals surface area contributed by atoms with E-state index in [4.69, 9.17) is 5.73 Å². The first-order chi connectivity index (χ1) is 10.9. The van der Waals surface area contributed by atoms with Gasteiger partial charge in [0.05, 0.1) is 6.54 Å². The van der Waals surface area contributed by atoms with Crippen LogP contribution in [-0.2, 0) is 6.54 Å². The molecular weight excluding hydrogens is 436 g/mol. The number of aliphatic imine (C=N–C) groups is 1. The van der Waals surface area contributed by atoms with E-state index in [-0.39, 0.29) is 42.4 Å². The van der Waals surface area contributed by atoms with Gasteiger partial charge in [-0.1, -0.05) is 18.2 Å². The number of aromatic nitrogens is 1. The van der Waals surface area contributed by atoms with E-state index in [9.17, 15) is 13.2 Å². The molecule has 0 fully saturated rings. The Labute approximate surface area is 154 Å². The monoisotopic (exact) mass is 452 g/mol. The van der Waals surface area contributed by atoms with Crippen LogP contribution in [0.4, 0.5) is 18.9 Å². The topological polar surface area (TPSA) is 72.5 Å². The summed E-state index contributed by atoms with van der Waals surface area (Å²) in [6, 6.07) is 12.3. The van der Waals surface area contributed by atoms with Crippen LogP contribution in [-0.4, -0.2) is 23.7 Å². The molecule has 0 saturated carbocycles. The third-order valence-corrected chi connectivity index (χ3v) is 2.66. The minimum Gasteiger partial charge on any atom is -0.468 e. The van der Waals surface area contributed by atoms with E-state index in [1.165, 1.54) is 12.3 Å². The Kier molecular flexibility index (Phi) is 7.75. The Morgan fingerprint density at radius 1 is 1.21 bits per heavy atom. The lowest BCUT2D eigenvalue weighted by Gasteiger charge is -2.09. The van der Waals surface area contributed by atoms with Crippen LogP contribution in [0.3, 0.4) is 0 Å². The van der Waals surface area contributed by atoms with Gasteiger partial charge in [0.2, 0.25) is 5.88 Å². The fourth-order valence-corrected chi connectivity index (χ4v) is 1.67. The zero-order valence-corrected chi connectivity index (χ0v) is 14.8. The molecule has 9 heteroatoms. The van der Waals surface area contributed by atoms with Gasteiger partial charge < -0.3 is 15.8 Å². The van der Waals surface area contributed by atoms with E-state index in [2.05, 4.69) is 20.0 Å². The molecule has 0 aliphatic heterocycles. The fraction of sp³-hybridized carbons (Fsp3) is 0.200. The van der Waals surface area contributed by atoms with Gasteiger partial charge in [0.1, 0.15) is 0 Å². The molecule has 24 heavy (non-hydrogen) atoms. The number of rotatable bonds is 5. The summed E-state index contributed by atoms with van der Waals surface area (Å²) >= 11 is 0. The Morgan fingerprint density at radius 2 is 1.92 bits per heavy atom. The number of hydrogen-bond acceptors (Lipinski definition) is 3. The lowest BCUT2D eigenvalue weighted by molar-refractivity contribution is -0.154. The Morgan fingerprint density at radius 3 is 2.58 bits per heavy atom. The van der Waals surface area contributed by atoms with Gasteiger partial charge in [0, 0.05) is 18.0 Å². The van der Waals surface area contributed by atoms with Gasteiger partial charge in [-0.25, -0.2) is 9.98 Å². The zero-order chi connectivity index (χ0) is 16.7. The van der Waals surface area contributed by atoms with Crippen molar-refractivity contribution in [3.05, 3.63) is 54.2 Å². The molecule has 0 unspecified atom stereocenters. The average Bonchev–Trinajstić information content (AvgIpc) is 2.52. The number of pyridine rings is 1. The largest absolute Gasteiger partial charge is 0.468 e. The van der Waals surface area contributed by atoms with Crippen LogP contribution in [0, 0.1) is 0 Å². The minimum atomic E-state index is -4.40. The number of para-hydroxylation sites is 1. The van der Waals surface area contributed by atoms with Crippen molar-refractivity contribution in [2.24, 2.45) is 10.7 Å². The molecule has 0 atom stereocenters. The van der Waals surface area contributed by atoms with Crippen molar-refractivity contribution in [1.82, 2.24) is 4.98 Å². The normalized spacial score (nSPS) is 11.5. The molecule has 0 amide bonds. The third-order valence-electron chi connectivity index (χ3n) is 2.66. The van der Waals surface area contributed by atoms with E-state index < -0.39 is 12.8 Å². The Balaban J connectivity index is 0.00000288.